The predicted octanol–water partition coefficient (Wildman–Crippen LogP) is 2.07. The molecule has 17 heavy (non-hydrogen) atoms. The predicted molar refractivity (Wildman–Crippen MR) is 66.7 cm³/mol. The van der Waals surface area contributed by atoms with Gasteiger partial charge in [0.2, 0.25) is 0 Å². The van der Waals surface area contributed by atoms with Crippen LogP contribution in [0.1, 0.15) is 57.0 Å². The molecular weight excluding hydrogens is 212 g/mol. The topological polar surface area (TPSA) is 42.7 Å². The fraction of sp³-hybridized carbons (Fsp3) is 0.846. The molecule has 0 amide bonds. The second-order valence-corrected chi connectivity index (χ2v) is 6.10. The fourth-order valence-electron chi connectivity index (χ4n) is 3.34. The molecule has 0 spiro atoms. The van der Waals surface area contributed by atoms with Crippen molar-refractivity contribution in [3.05, 3.63) is 11.4 Å². The van der Waals surface area contributed by atoms with Crippen molar-refractivity contribution in [1.82, 2.24) is 20.3 Å². The molecule has 1 saturated carbocycles. The molecule has 3 rings (SSSR count). The first kappa shape index (κ1) is 11.2. The first-order valence-electron chi connectivity index (χ1n) is 6.82. The smallest absolute Gasteiger partial charge is 0.0997 e. The molecule has 0 aromatic carbocycles. The van der Waals surface area contributed by atoms with E-state index in [1.807, 2.05) is 0 Å². The van der Waals surface area contributed by atoms with Gasteiger partial charge in [0.05, 0.1) is 17.4 Å². The van der Waals surface area contributed by atoms with Crippen LogP contribution >= 0.6 is 0 Å². The van der Waals surface area contributed by atoms with Crippen LogP contribution in [0.4, 0.5) is 0 Å². The van der Waals surface area contributed by atoms with E-state index < -0.39 is 0 Å². The van der Waals surface area contributed by atoms with E-state index in [1.165, 1.54) is 31.4 Å². The quantitative estimate of drug-likeness (QED) is 0.809. The molecule has 2 heterocycles. The van der Waals surface area contributed by atoms with E-state index in [4.69, 9.17) is 0 Å². The number of rotatable bonds is 1. The van der Waals surface area contributed by atoms with Crippen LogP contribution in [0.15, 0.2) is 0 Å². The highest BCUT2D eigenvalue weighted by Gasteiger charge is 2.36. The zero-order valence-electron chi connectivity index (χ0n) is 10.9. The van der Waals surface area contributed by atoms with Gasteiger partial charge in [-0.2, -0.15) is 0 Å². The van der Waals surface area contributed by atoms with E-state index >= 15 is 0 Å². The summed E-state index contributed by atoms with van der Waals surface area (Å²) in [5, 5.41) is 12.2. The highest BCUT2D eigenvalue weighted by atomic mass is 15.5. The fourth-order valence-corrected chi connectivity index (χ4v) is 3.34. The van der Waals surface area contributed by atoms with E-state index in [9.17, 15) is 0 Å². The van der Waals surface area contributed by atoms with E-state index in [-0.39, 0.29) is 0 Å². The molecule has 94 valence electrons. The first-order valence-corrected chi connectivity index (χ1v) is 6.82. The number of hydrogen-bond donors (Lipinski definition) is 1. The molecule has 0 bridgehead atoms. The van der Waals surface area contributed by atoms with Crippen molar-refractivity contribution in [3.8, 4) is 0 Å². The summed E-state index contributed by atoms with van der Waals surface area (Å²) in [6.07, 6.45) is 6.35. The standard InChI is InChI=1S/C13H22N4/c1-13(2)7-4-3-5-12(13)17-11-6-8-14-9-10(11)15-16-17/h12,14H,3-9H2,1-2H3. The lowest BCUT2D eigenvalue weighted by molar-refractivity contribution is 0.128. The summed E-state index contributed by atoms with van der Waals surface area (Å²) in [4.78, 5) is 0. The zero-order valence-corrected chi connectivity index (χ0v) is 10.9. The normalized spacial score (nSPS) is 27.8. The Balaban J connectivity index is 1.95. The second-order valence-electron chi connectivity index (χ2n) is 6.10. The summed E-state index contributed by atoms with van der Waals surface area (Å²) in [7, 11) is 0. The number of nitrogens with one attached hydrogen (secondary N) is 1. The van der Waals surface area contributed by atoms with Crippen molar-refractivity contribution in [2.24, 2.45) is 5.41 Å². The lowest BCUT2D eigenvalue weighted by Gasteiger charge is -2.39. The Morgan fingerprint density at radius 2 is 2.24 bits per heavy atom. The number of fused-ring (bicyclic) bond motifs is 1. The molecule has 2 aliphatic rings. The van der Waals surface area contributed by atoms with Crippen molar-refractivity contribution >= 4 is 0 Å². The maximum Gasteiger partial charge on any atom is 0.0997 e. The van der Waals surface area contributed by atoms with E-state index in [2.05, 4.69) is 34.2 Å². The summed E-state index contributed by atoms with van der Waals surface area (Å²) >= 11 is 0. The van der Waals surface area contributed by atoms with Gasteiger partial charge in [-0.3, -0.25) is 0 Å². The average molecular weight is 234 g/mol. The molecular formula is C13H22N4. The van der Waals surface area contributed by atoms with Gasteiger partial charge in [0.15, 0.2) is 0 Å². The Morgan fingerprint density at radius 1 is 1.35 bits per heavy atom. The summed E-state index contributed by atoms with van der Waals surface area (Å²) in [5.74, 6) is 0. The molecule has 1 aromatic rings. The van der Waals surface area contributed by atoms with Crippen molar-refractivity contribution < 1.29 is 0 Å². The molecule has 4 heteroatoms. The molecule has 1 unspecified atom stereocenters. The minimum atomic E-state index is 0.366. The number of nitrogens with zero attached hydrogens (tertiary/aromatic N) is 3. The molecule has 1 aliphatic heterocycles. The molecule has 4 nitrogen and oxygen atoms in total. The van der Waals surface area contributed by atoms with Gasteiger partial charge < -0.3 is 5.32 Å². The molecule has 1 fully saturated rings. The third-order valence-corrected chi connectivity index (χ3v) is 4.45. The van der Waals surface area contributed by atoms with Crippen LogP contribution in [-0.4, -0.2) is 21.5 Å². The minimum Gasteiger partial charge on any atom is -0.311 e. The van der Waals surface area contributed by atoms with Crippen LogP contribution in [-0.2, 0) is 13.0 Å². The van der Waals surface area contributed by atoms with Gasteiger partial charge in [0.1, 0.15) is 0 Å². The molecule has 1 N–H and O–H groups in total. The van der Waals surface area contributed by atoms with Crippen LogP contribution in [0.5, 0.6) is 0 Å². The molecule has 0 radical (unpaired) electrons. The Labute approximate surface area is 103 Å². The molecule has 1 atom stereocenters. The van der Waals surface area contributed by atoms with Crippen LogP contribution in [0.2, 0.25) is 0 Å². The van der Waals surface area contributed by atoms with Crippen molar-refractivity contribution in [1.29, 1.82) is 0 Å². The maximum absolute atomic E-state index is 4.44. The molecule has 1 aliphatic carbocycles. The van der Waals surface area contributed by atoms with Gasteiger partial charge in [0, 0.05) is 19.5 Å². The van der Waals surface area contributed by atoms with Crippen LogP contribution in [0.25, 0.3) is 0 Å². The van der Waals surface area contributed by atoms with E-state index in [1.54, 1.807) is 0 Å². The van der Waals surface area contributed by atoms with Crippen molar-refractivity contribution in [2.45, 2.75) is 58.5 Å². The largest absolute Gasteiger partial charge is 0.311 e. The first-order chi connectivity index (χ1) is 8.18. The Bertz CT molecular complexity index is 408. The lowest BCUT2D eigenvalue weighted by Crippen LogP contribution is -2.34. The highest BCUT2D eigenvalue weighted by molar-refractivity contribution is 5.15. The van der Waals surface area contributed by atoms with Crippen molar-refractivity contribution in [3.63, 3.8) is 0 Å². The van der Waals surface area contributed by atoms with Crippen LogP contribution in [0, 0.1) is 5.41 Å². The SMILES string of the molecule is CC1(C)CCCCC1n1nnc2c1CCNC2. The Kier molecular flexibility index (Phi) is 2.69. The Morgan fingerprint density at radius 3 is 3.06 bits per heavy atom. The van der Waals surface area contributed by atoms with E-state index in [0.717, 1.165) is 25.2 Å². The second kappa shape index (κ2) is 4.09. The van der Waals surface area contributed by atoms with Crippen molar-refractivity contribution in [2.75, 3.05) is 6.54 Å². The summed E-state index contributed by atoms with van der Waals surface area (Å²) in [6, 6.07) is 0.547. The van der Waals surface area contributed by atoms with E-state index in [0.29, 0.717) is 11.5 Å². The van der Waals surface area contributed by atoms with Gasteiger partial charge >= 0.3 is 0 Å². The third-order valence-electron chi connectivity index (χ3n) is 4.45. The highest BCUT2D eigenvalue weighted by Crippen LogP contribution is 2.44. The summed E-state index contributed by atoms with van der Waals surface area (Å²) in [6.45, 7) is 6.72. The van der Waals surface area contributed by atoms with Gasteiger partial charge in [-0.15, -0.1) is 5.10 Å². The zero-order chi connectivity index (χ0) is 11.9. The maximum atomic E-state index is 4.44. The van der Waals surface area contributed by atoms with Gasteiger partial charge in [-0.1, -0.05) is 31.9 Å². The lowest BCUT2D eigenvalue weighted by atomic mass is 9.73. The monoisotopic (exact) mass is 234 g/mol. The Hall–Kier alpha value is -0.900. The third kappa shape index (κ3) is 1.88. The minimum absolute atomic E-state index is 0.366. The number of hydrogen-bond acceptors (Lipinski definition) is 3. The van der Waals surface area contributed by atoms with Crippen LogP contribution in [0.3, 0.4) is 0 Å². The molecule has 0 saturated heterocycles. The average Bonchev–Trinajstić information content (AvgIpc) is 2.72. The van der Waals surface area contributed by atoms with Gasteiger partial charge in [-0.25, -0.2) is 4.68 Å². The summed E-state index contributed by atoms with van der Waals surface area (Å²) < 4.78 is 2.25. The molecule has 1 aromatic heterocycles. The van der Waals surface area contributed by atoms with Gasteiger partial charge in [-0.05, 0) is 18.3 Å². The summed E-state index contributed by atoms with van der Waals surface area (Å²) in [5.41, 5.74) is 2.91. The number of aromatic nitrogens is 3. The van der Waals surface area contributed by atoms with Crippen LogP contribution < -0.4 is 5.32 Å². The van der Waals surface area contributed by atoms with Gasteiger partial charge in [0.25, 0.3) is 0 Å².